The van der Waals surface area contributed by atoms with Crippen molar-refractivity contribution in [2.45, 2.75) is 26.0 Å². The van der Waals surface area contributed by atoms with E-state index in [0.29, 0.717) is 11.6 Å². The summed E-state index contributed by atoms with van der Waals surface area (Å²) in [7, 11) is 0. The maximum absolute atomic E-state index is 9.07. The molecule has 1 aliphatic heterocycles. The minimum absolute atomic E-state index is 0.0203. The van der Waals surface area contributed by atoms with Crippen LogP contribution in [0.15, 0.2) is 18.2 Å². The lowest BCUT2D eigenvalue weighted by atomic mass is 10.0. The molecule has 0 unspecified atom stereocenters. The second kappa shape index (κ2) is 4.84. The van der Waals surface area contributed by atoms with Crippen LogP contribution in [0.1, 0.15) is 19.4 Å². The number of hydrogen-bond acceptors (Lipinski definition) is 3. The third-order valence-corrected chi connectivity index (χ3v) is 3.43. The first-order valence-corrected chi connectivity index (χ1v) is 6.17. The van der Waals surface area contributed by atoms with Gasteiger partial charge in [0.1, 0.15) is 0 Å². The first-order valence-electron chi connectivity index (χ1n) is 5.79. The molecule has 1 aromatic rings. The van der Waals surface area contributed by atoms with Crippen molar-refractivity contribution in [3.63, 3.8) is 0 Å². The first kappa shape index (κ1) is 12.7. The standard InChI is InChI=1S/C13H18ClNO2/c1-13(2)9-17-6-5-15(13)12-4-3-10(8-16)7-11(12)14/h3-4,7,16H,5-6,8-9H2,1-2H3. The Hall–Kier alpha value is -0.770. The number of morpholine rings is 1. The van der Waals surface area contributed by atoms with Gasteiger partial charge in [0.2, 0.25) is 0 Å². The molecule has 0 aromatic heterocycles. The normalized spacial score (nSPS) is 19.4. The van der Waals surface area contributed by atoms with E-state index in [-0.39, 0.29) is 12.1 Å². The smallest absolute Gasteiger partial charge is 0.0694 e. The largest absolute Gasteiger partial charge is 0.392 e. The summed E-state index contributed by atoms with van der Waals surface area (Å²) < 4.78 is 5.50. The van der Waals surface area contributed by atoms with Crippen LogP contribution in [-0.4, -0.2) is 30.4 Å². The van der Waals surface area contributed by atoms with Gasteiger partial charge >= 0.3 is 0 Å². The van der Waals surface area contributed by atoms with Crippen LogP contribution in [0, 0.1) is 0 Å². The molecule has 0 aliphatic carbocycles. The topological polar surface area (TPSA) is 32.7 Å². The van der Waals surface area contributed by atoms with Gasteiger partial charge in [0.15, 0.2) is 0 Å². The fourth-order valence-corrected chi connectivity index (χ4v) is 2.48. The Morgan fingerprint density at radius 3 is 2.82 bits per heavy atom. The molecule has 1 fully saturated rings. The molecule has 0 bridgehead atoms. The SMILES string of the molecule is CC1(C)COCCN1c1ccc(CO)cc1Cl. The third-order valence-electron chi connectivity index (χ3n) is 3.13. The van der Waals surface area contributed by atoms with E-state index in [9.17, 15) is 0 Å². The van der Waals surface area contributed by atoms with Crippen LogP contribution in [0.2, 0.25) is 5.02 Å². The highest BCUT2D eigenvalue weighted by atomic mass is 35.5. The van der Waals surface area contributed by atoms with Crippen LogP contribution in [0.5, 0.6) is 0 Å². The predicted octanol–water partition coefficient (Wildman–Crippen LogP) is 2.45. The fraction of sp³-hybridized carbons (Fsp3) is 0.538. The number of aliphatic hydroxyl groups is 1. The number of ether oxygens (including phenoxy) is 1. The minimum Gasteiger partial charge on any atom is -0.392 e. The van der Waals surface area contributed by atoms with E-state index in [4.69, 9.17) is 21.4 Å². The van der Waals surface area contributed by atoms with Gasteiger partial charge in [0.05, 0.1) is 36.1 Å². The lowest BCUT2D eigenvalue weighted by Crippen LogP contribution is -2.53. The van der Waals surface area contributed by atoms with Gasteiger partial charge in [-0.1, -0.05) is 17.7 Å². The molecule has 3 nitrogen and oxygen atoms in total. The summed E-state index contributed by atoms with van der Waals surface area (Å²) in [6, 6.07) is 5.70. The highest BCUT2D eigenvalue weighted by Gasteiger charge is 2.31. The van der Waals surface area contributed by atoms with Crippen molar-refractivity contribution in [2.24, 2.45) is 0 Å². The molecule has 1 N–H and O–H groups in total. The zero-order chi connectivity index (χ0) is 12.5. The number of aliphatic hydroxyl groups excluding tert-OH is 1. The predicted molar refractivity (Wildman–Crippen MR) is 69.6 cm³/mol. The van der Waals surface area contributed by atoms with Gasteiger partial charge in [0, 0.05) is 6.54 Å². The molecule has 1 aliphatic rings. The Morgan fingerprint density at radius 2 is 2.24 bits per heavy atom. The summed E-state index contributed by atoms with van der Waals surface area (Å²) in [5, 5.41) is 9.76. The van der Waals surface area contributed by atoms with Crippen LogP contribution in [0.3, 0.4) is 0 Å². The number of rotatable bonds is 2. The van der Waals surface area contributed by atoms with Gasteiger partial charge in [-0.2, -0.15) is 0 Å². The molecule has 4 heteroatoms. The highest BCUT2D eigenvalue weighted by molar-refractivity contribution is 6.33. The Morgan fingerprint density at radius 1 is 1.47 bits per heavy atom. The van der Waals surface area contributed by atoms with Gasteiger partial charge in [-0.05, 0) is 31.5 Å². The quantitative estimate of drug-likeness (QED) is 0.881. The summed E-state index contributed by atoms with van der Waals surface area (Å²) in [6.45, 7) is 6.56. The maximum atomic E-state index is 9.07. The van der Waals surface area contributed by atoms with E-state index in [0.717, 1.165) is 24.4 Å². The van der Waals surface area contributed by atoms with Crippen molar-refractivity contribution >= 4 is 17.3 Å². The first-order chi connectivity index (χ1) is 8.04. The van der Waals surface area contributed by atoms with Gasteiger partial charge < -0.3 is 14.7 Å². The molecular formula is C13H18ClNO2. The summed E-state index contributed by atoms with van der Waals surface area (Å²) in [5.41, 5.74) is 1.80. The van der Waals surface area contributed by atoms with Crippen LogP contribution >= 0.6 is 11.6 Å². The van der Waals surface area contributed by atoms with Gasteiger partial charge in [-0.15, -0.1) is 0 Å². The highest BCUT2D eigenvalue weighted by Crippen LogP contribution is 2.33. The van der Waals surface area contributed by atoms with Gasteiger partial charge in [-0.25, -0.2) is 0 Å². The van der Waals surface area contributed by atoms with Gasteiger partial charge in [0.25, 0.3) is 0 Å². The number of nitrogens with zero attached hydrogens (tertiary/aromatic N) is 1. The van der Waals surface area contributed by atoms with E-state index in [1.807, 2.05) is 18.2 Å². The van der Waals surface area contributed by atoms with Crippen LogP contribution in [-0.2, 0) is 11.3 Å². The van der Waals surface area contributed by atoms with Gasteiger partial charge in [-0.3, -0.25) is 0 Å². The molecule has 0 radical (unpaired) electrons. The third kappa shape index (κ3) is 2.57. The Labute approximate surface area is 107 Å². The van der Waals surface area contributed by atoms with Crippen molar-refractivity contribution in [1.29, 1.82) is 0 Å². The molecule has 17 heavy (non-hydrogen) atoms. The Balaban J connectivity index is 2.32. The number of halogens is 1. The second-order valence-electron chi connectivity index (χ2n) is 4.96. The van der Waals surface area contributed by atoms with Crippen LogP contribution in [0.25, 0.3) is 0 Å². The van der Waals surface area contributed by atoms with E-state index >= 15 is 0 Å². The summed E-state index contributed by atoms with van der Waals surface area (Å²) in [5.74, 6) is 0. The maximum Gasteiger partial charge on any atom is 0.0694 e. The molecule has 0 spiro atoms. The van der Waals surface area contributed by atoms with Crippen molar-refractivity contribution in [1.82, 2.24) is 0 Å². The van der Waals surface area contributed by atoms with E-state index < -0.39 is 0 Å². The average molecular weight is 256 g/mol. The molecular weight excluding hydrogens is 238 g/mol. The van der Waals surface area contributed by atoms with Crippen molar-refractivity contribution in [3.8, 4) is 0 Å². The Kier molecular flexibility index (Phi) is 3.61. The van der Waals surface area contributed by atoms with Crippen molar-refractivity contribution in [2.75, 3.05) is 24.7 Å². The molecule has 94 valence electrons. The lowest BCUT2D eigenvalue weighted by molar-refractivity contribution is 0.0644. The van der Waals surface area contributed by atoms with Crippen molar-refractivity contribution < 1.29 is 9.84 Å². The molecule has 1 heterocycles. The summed E-state index contributed by atoms with van der Waals surface area (Å²) in [6.07, 6.45) is 0. The van der Waals surface area contributed by atoms with E-state index in [1.165, 1.54) is 0 Å². The number of benzene rings is 1. The fourth-order valence-electron chi connectivity index (χ4n) is 2.17. The average Bonchev–Trinajstić information content (AvgIpc) is 2.29. The number of anilines is 1. The van der Waals surface area contributed by atoms with E-state index in [1.54, 1.807) is 0 Å². The zero-order valence-corrected chi connectivity index (χ0v) is 11.0. The summed E-state index contributed by atoms with van der Waals surface area (Å²) in [4.78, 5) is 2.26. The van der Waals surface area contributed by atoms with E-state index in [2.05, 4.69) is 18.7 Å². The van der Waals surface area contributed by atoms with Crippen molar-refractivity contribution in [3.05, 3.63) is 28.8 Å². The molecule has 0 atom stereocenters. The summed E-state index contributed by atoms with van der Waals surface area (Å²) >= 11 is 6.28. The Bertz CT molecular complexity index is 406. The molecule has 1 saturated heterocycles. The molecule has 2 rings (SSSR count). The zero-order valence-electron chi connectivity index (χ0n) is 10.2. The minimum atomic E-state index is -0.0530. The van der Waals surface area contributed by atoms with Crippen LogP contribution < -0.4 is 4.90 Å². The number of hydrogen-bond donors (Lipinski definition) is 1. The lowest BCUT2D eigenvalue weighted by Gasteiger charge is -2.44. The second-order valence-corrected chi connectivity index (χ2v) is 5.37. The van der Waals surface area contributed by atoms with Crippen LogP contribution in [0.4, 0.5) is 5.69 Å². The molecule has 1 aromatic carbocycles. The molecule has 0 saturated carbocycles. The molecule has 0 amide bonds. The monoisotopic (exact) mass is 255 g/mol.